The van der Waals surface area contributed by atoms with Gasteiger partial charge in [-0.25, -0.2) is 0 Å². The lowest BCUT2D eigenvalue weighted by molar-refractivity contribution is -0.123. The molecule has 0 aromatic carbocycles. The topological polar surface area (TPSA) is 54.0 Å². The summed E-state index contributed by atoms with van der Waals surface area (Å²) in [4.78, 5) is 16.4. The average Bonchev–Trinajstić information content (AvgIpc) is 2.92. The van der Waals surface area contributed by atoms with Gasteiger partial charge in [0.1, 0.15) is 0 Å². The highest BCUT2D eigenvalue weighted by Gasteiger charge is 2.38. The van der Waals surface area contributed by atoms with E-state index in [0.29, 0.717) is 12.0 Å². The molecule has 3 unspecified atom stereocenters. The van der Waals surface area contributed by atoms with Crippen LogP contribution in [-0.2, 0) is 4.79 Å². The molecular weight excluding hydrogens is 250 g/mol. The zero-order valence-electron chi connectivity index (χ0n) is 12.0. The predicted octanol–water partition coefficient (Wildman–Crippen LogP) is 2.18. The second-order valence-corrected chi connectivity index (χ2v) is 6.12. The molecule has 2 fully saturated rings. The van der Waals surface area contributed by atoms with E-state index in [1.54, 1.807) is 12.4 Å². The van der Waals surface area contributed by atoms with E-state index in [1.165, 1.54) is 25.7 Å². The number of amides is 1. The van der Waals surface area contributed by atoms with Crippen LogP contribution in [0.15, 0.2) is 24.5 Å². The average molecular weight is 273 g/mol. The molecule has 2 aliphatic rings. The summed E-state index contributed by atoms with van der Waals surface area (Å²) < 4.78 is 0. The van der Waals surface area contributed by atoms with Crippen molar-refractivity contribution in [3.63, 3.8) is 0 Å². The molecule has 4 atom stereocenters. The second kappa shape index (κ2) is 5.92. The number of carbonyl (C=O) groups excluding carboxylic acids is 1. The third-order valence-corrected chi connectivity index (χ3v) is 4.74. The van der Waals surface area contributed by atoms with Crippen molar-refractivity contribution in [2.45, 2.75) is 57.2 Å². The molecule has 1 amide bonds. The van der Waals surface area contributed by atoms with Gasteiger partial charge >= 0.3 is 0 Å². The standard InChI is InChI=1S/C16H23N3O/c1-11(12-6-8-17-9-7-12)18-16(20)15-10-13-4-2-3-5-14(13)19-15/h6-9,11,13-15,19H,2-5,10H2,1H3,(H,18,20)/t11-,13?,14?,15?/m1/s1. The molecule has 4 heteroatoms. The van der Waals surface area contributed by atoms with Gasteiger partial charge in [0.25, 0.3) is 0 Å². The number of nitrogens with zero attached hydrogens (tertiary/aromatic N) is 1. The van der Waals surface area contributed by atoms with Crippen LogP contribution in [0.3, 0.4) is 0 Å². The maximum atomic E-state index is 12.4. The zero-order valence-corrected chi connectivity index (χ0v) is 12.0. The molecule has 2 heterocycles. The van der Waals surface area contributed by atoms with Gasteiger partial charge < -0.3 is 10.6 Å². The monoisotopic (exact) mass is 273 g/mol. The van der Waals surface area contributed by atoms with Gasteiger partial charge in [0.2, 0.25) is 5.91 Å². The molecule has 0 spiro atoms. The smallest absolute Gasteiger partial charge is 0.237 e. The van der Waals surface area contributed by atoms with Gasteiger partial charge in [-0.05, 0) is 49.8 Å². The molecule has 4 nitrogen and oxygen atoms in total. The van der Waals surface area contributed by atoms with Crippen LogP contribution in [0.25, 0.3) is 0 Å². The Morgan fingerprint density at radius 1 is 1.35 bits per heavy atom. The minimum Gasteiger partial charge on any atom is -0.348 e. The molecule has 1 aliphatic heterocycles. The summed E-state index contributed by atoms with van der Waals surface area (Å²) in [6, 6.07) is 4.50. The van der Waals surface area contributed by atoms with Crippen molar-refractivity contribution in [2.24, 2.45) is 5.92 Å². The van der Waals surface area contributed by atoms with E-state index in [1.807, 2.05) is 19.1 Å². The molecule has 1 aliphatic carbocycles. The van der Waals surface area contributed by atoms with Gasteiger partial charge in [0, 0.05) is 18.4 Å². The van der Waals surface area contributed by atoms with Crippen LogP contribution < -0.4 is 10.6 Å². The first kappa shape index (κ1) is 13.6. The maximum Gasteiger partial charge on any atom is 0.237 e. The number of nitrogens with one attached hydrogen (secondary N) is 2. The first-order valence-electron chi connectivity index (χ1n) is 7.70. The second-order valence-electron chi connectivity index (χ2n) is 6.12. The van der Waals surface area contributed by atoms with E-state index in [2.05, 4.69) is 15.6 Å². The quantitative estimate of drug-likeness (QED) is 0.887. The predicted molar refractivity (Wildman–Crippen MR) is 78.1 cm³/mol. The van der Waals surface area contributed by atoms with Crippen LogP contribution in [-0.4, -0.2) is 23.0 Å². The fourth-order valence-corrected chi connectivity index (χ4v) is 3.57. The first-order valence-corrected chi connectivity index (χ1v) is 7.70. The lowest BCUT2D eigenvalue weighted by atomic mass is 9.85. The lowest BCUT2D eigenvalue weighted by Crippen LogP contribution is -2.43. The highest BCUT2D eigenvalue weighted by Crippen LogP contribution is 2.33. The lowest BCUT2D eigenvalue weighted by Gasteiger charge is -2.24. The van der Waals surface area contributed by atoms with Crippen molar-refractivity contribution in [1.82, 2.24) is 15.6 Å². The third-order valence-electron chi connectivity index (χ3n) is 4.74. The summed E-state index contributed by atoms with van der Waals surface area (Å²) in [5.41, 5.74) is 1.10. The fourth-order valence-electron chi connectivity index (χ4n) is 3.57. The Bertz CT molecular complexity index is 448. The Hall–Kier alpha value is -1.42. The third kappa shape index (κ3) is 2.85. The van der Waals surface area contributed by atoms with Crippen LogP contribution >= 0.6 is 0 Å². The SMILES string of the molecule is C[C@@H](NC(=O)C1CC2CCCCC2N1)c1ccncc1. The molecule has 0 bridgehead atoms. The normalized spacial score (nSPS) is 30.6. The molecule has 1 saturated carbocycles. The Labute approximate surface area is 120 Å². The number of pyridine rings is 1. The van der Waals surface area contributed by atoms with Gasteiger partial charge in [-0.15, -0.1) is 0 Å². The minimum absolute atomic E-state index is 0.00705. The van der Waals surface area contributed by atoms with Crippen molar-refractivity contribution in [1.29, 1.82) is 0 Å². The molecule has 1 saturated heterocycles. The molecule has 0 radical (unpaired) electrons. The summed E-state index contributed by atoms with van der Waals surface area (Å²) >= 11 is 0. The van der Waals surface area contributed by atoms with Crippen molar-refractivity contribution >= 4 is 5.91 Å². The van der Waals surface area contributed by atoms with Gasteiger partial charge in [-0.3, -0.25) is 9.78 Å². The summed E-state index contributed by atoms with van der Waals surface area (Å²) in [5, 5.41) is 6.64. The van der Waals surface area contributed by atoms with E-state index in [-0.39, 0.29) is 18.0 Å². The summed E-state index contributed by atoms with van der Waals surface area (Å²) in [6.45, 7) is 2.02. The highest BCUT2D eigenvalue weighted by molar-refractivity contribution is 5.82. The van der Waals surface area contributed by atoms with Crippen LogP contribution in [0.5, 0.6) is 0 Å². The Morgan fingerprint density at radius 2 is 2.10 bits per heavy atom. The number of rotatable bonds is 3. The van der Waals surface area contributed by atoms with E-state index >= 15 is 0 Å². The van der Waals surface area contributed by atoms with Crippen molar-refractivity contribution in [2.75, 3.05) is 0 Å². The summed E-state index contributed by atoms with van der Waals surface area (Å²) in [5.74, 6) is 0.847. The zero-order chi connectivity index (χ0) is 13.9. The van der Waals surface area contributed by atoms with E-state index in [9.17, 15) is 4.79 Å². The molecule has 1 aromatic rings. The number of carbonyl (C=O) groups is 1. The van der Waals surface area contributed by atoms with Gasteiger partial charge in [0.15, 0.2) is 0 Å². The number of hydrogen-bond acceptors (Lipinski definition) is 3. The van der Waals surface area contributed by atoms with Crippen LogP contribution in [0.1, 0.15) is 50.6 Å². The Balaban J connectivity index is 1.57. The highest BCUT2D eigenvalue weighted by atomic mass is 16.2. The van der Waals surface area contributed by atoms with Crippen LogP contribution in [0, 0.1) is 5.92 Å². The van der Waals surface area contributed by atoms with Crippen molar-refractivity contribution < 1.29 is 4.79 Å². The van der Waals surface area contributed by atoms with Crippen molar-refractivity contribution in [3.05, 3.63) is 30.1 Å². The van der Waals surface area contributed by atoms with Gasteiger partial charge in [-0.1, -0.05) is 12.8 Å². The Morgan fingerprint density at radius 3 is 2.85 bits per heavy atom. The largest absolute Gasteiger partial charge is 0.348 e. The van der Waals surface area contributed by atoms with Crippen LogP contribution in [0.4, 0.5) is 0 Å². The molecule has 108 valence electrons. The van der Waals surface area contributed by atoms with Gasteiger partial charge in [-0.2, -0.15) is 0 Å². The Kier molecular flexibility index (Phi) is 4.01. The van der Waals surface area contributed by atoms with E-state index < -0.39 is 0 Å². The molecule has 3 rings (SSSR count). The summed E-state index contributed by atoms with van der Waals surface area (Å²) in [6.07, 6.45) is 9.66. The number of fused-ring (bicyclic) bond motifs is 1. The van der Waals surface area contributed by atoms with E-state index in [0.717, 1.165) is 12.0 Å². The maximum absolute atomic E-state index is 12.4. The van der Waals surface area contributed by atoms with Gasteiger partial charge in [0.05, 0.1) is 12.1 Å². The molecule has 20 heavy (non-hydrogen) atoms. The van der Waals surface area contributed by atoms with Crippen molar-refractivity contribution in [3.8, 4) is 0 Å². The minimum atomic E-state index is -0.00705. The number of hydrogen-bond donors (Lipinski definition) is 2. The van der Waals surface area contributed by atoms with E-state index in [4.69, 9.17) is 0 Å². The fraction of sp³-hybridized carbons (Fsp3) is 0.625. The molecule has 2 N–H and O–H groups in total. The molecular formula is C16H23N3O. The van der Waals surface area contributed by atoms with Crippen LogP contribution in [0.2, 0.25) is 0 Å². The first-order chi connectivity index (χ1) is 9.74. The summed E-state index contributed by atoms with van der Waals surface area (Å²) in [7, 11) is 0. The number of aromatic nitrogens is 1. The molecule has 1 aromatic heterocycles.